The Morgan fingerprint density at radius 3 is 3.07 bits per heavy atom. The van der Waals surface area contributed by atoms with Crippen LogP contribution in [0.5, 0.6) is 0 Å². The molecule has 0 unspecified atom stereocenters. The first kappa shape index (κ1) is 10.4. The lowest BCUT2D eigenvalue weighted by molar-refractivity contribution is -0.0478. The maximum Gasteiger partial charge on any atom is 0.0867 e. The number of rotatable bonds is 3. The Bertz CT molecular complexity index is 184. The van der Waals surface area contributed by atoms with Crippen molar-refractivity contribution in [1.82, 2.24) is 10.2 Å². The second-order valence-electron chi connectivity index (χ2n) is 4.85. The molecular formula is C11H22N2O. The fraction of sp³-hybridized carbons (Fsp3) is 1.00. The summed E-state index contributed by atoms with van der Waals surface area (Å²) in [7, 11) is 0. The zero-order valence-electron chi connectivity index (χ0n) is 9.33. The maximum atomic E-state index is 5.73. The molecule has 3 heteroatoms. The number of hydrogen-bond acceptors (Lipinski definition) is 3. The molecule has 82 valence electrons. The molecule has 3 nitrogen and oxygen atoms in total. The van der Waals surface area contributed by atoms with E-state index in [0.29, 0.717) is 12.1 Å². The van der Waals surface area contributed by atoms with Gasteiger partial charge in [0, 0.05) is 25.7 Å². The fourth-order valence-electron chi connectivity index (χ4n) is 2.36. The number of ether oxygens (including phenoxy) is 1. The molecule has 2 aliphatic heterocycles. The van der Waals surface area contributed by atoms with E-state index >= 15 is 0 Å². The van der Waals surface area contributed by atoms with Gasteiger partial charge in [-0.2, -0.15) is 0 Å². The second kappa shape index (κ2) is 4.60. The minimum atomic E-state index is 0.455. The van der Waals surface area contributed by atoms with Gasteiger partial charge in [-0.3, -0.25) is 4.90 Å². The summed E-state index contributed by atoms with van der Waals surface area (Å²) in [6.07, 6.45) is 1.76. The van der Waals surface area contributed by atoms with Gasteiger partial charge in [0.25, 0.3) is 0 Å². The lowest BCUT2D eigenvalue weighted by Gasteiger charge is -2.37. The van der Waals surface area contributed by atoms with Crippen LogP contribution in [-0.4, -0.2) is 49.8 Å². The van der Waals surface area contributed by atoms with Crippen LogP contribution in [0, 0.1) is 5.92 Å². The van der Waals surface area contributed by atoms with Gasteiger partial charge in [-0.1, -0.05) is 13.8 Å². The Labute approximate surface area is 86.8 Å². The van der Waals surface area contributed by atoms with Crippen LogP contribution in [-0.2, 0) is 4.74 Å². The highest BCUT2D eigenvalue weighted by molar-refractivity contribution is 4.92. The van der Waals surface area contributed by atoms with Crippen molar-refractivity contribution in [2.24, 2.45) is 5.92 Å². The van der Waals surface area contributed by atoms with Gasteiger partial charge < -0.3 is 10.1 Å². The summed E-state index contributed by atoms with van der Waals surface area (Å²) in [5.74, 6) is 0.811. The molecule has 2 atom stereocenters. The third-order valence-electron chi connectivity index (χ3n) is 3.30. The summed E-state index contributed by atoms with van der Waals surface area (Å²) in [6, 6.07) is 0.641. The third kappa shape index (κ3) is 2.27. The van der Waals surface area contributed by atoms with Crippen LogP contribution >= 0.6 is 0 Å². The van der Waals surface area contributed by atoms with E-state index in [9.17, 15) is 0 Å². The molecule has 0 saturated carbocycles. The highest BCUT2D eigenvalue weighted by atomic mass is 16.5. The lowest BCUT2D eigenvalue weighted by atomic mass is 10.1. The van der Waals surface area contributed by atoms with Crippen molar-refractivity contribution in [1.29, 1.82) is 0 Å². The quantitative estimate of drug-likeness (QED) is 0.722. The van der Waals surface area contributed by atoms with Crippen molar-refractivity contribution in [3.8, 4) is 0 Å². The van der Waals surface area contributed by atoms with Crippen LogP contribution in [0.15, 0.2) is 0 Å². The fourth-order valence-corrected chi connectivity index (χ4v) is 2.36. The minimum Gasteiger partial charge on any atom is -0.374 e. The molecule has 0 aromatic carbocycles. The summed E-state index contributed by atoms with van der Waals surface area (Å²) in [4.78, 5) is 2.61. The summed E-state index contributed by atoms with van der Waals surface area (Å²) in [6.45, 7) is 10.0. The summed E-state index contributed by atoms with van der Waals surface area (Å²) in [5, 5.41) is 3.42. The molecule has 0 aromatic rings. The molecule has 0 spiro atoms. The van der Waals surface area contributed by atoms with E-state index in [2.05, 4.69) is 24.1 Å². The predicted molar refractivity (Wildman–Crippen MR) is 57.4 cm³/mol. The average Bonchev–Trinajstić information content (AvgIpc) is 2.62. The van der Waals surface area contributed by atoms with E-state index in [0.717, 1.165) is 32.2 Å². The zero-order chi connectivity index (χ0) is 9.97. The first-order chi connectivity index (χ1) is 6.77. The number of hydrogen-bond donors (Lipinski definition) is 1. The summed E-state index contributed by atoms with van der Waals surface area (Å²) >= 11 is 0. The topological polar surface area (TPSA) is 24.5 Å². The lowest BCUT2D eigenvalue weighted by Crippen LogP contribution is -2.51. The molecule has 2 rings (SSSR count). The van der Waals surface area contributed by atoms with Gasteiger partial charge in [0.05, 0.1) is 12.7 Å². The number of morpholine rings is 1. The molecule has 0 radical (unpaired) electrons. The molecule has 0 amide bonds. The predicted octanol–water partition coefficient (Wildman–Crippen LogP) is 0.705. The monoisotopic (exact) mass is 198 g/mol. The Morgan fingerprint density at radius 2 is 2.29 bits per heavy atom. The van der Waals surface area contributed by atoms with Crippen LogP contribution < -0.4 is 5.32 Å². The van der Waals surface area contributed by atoms with Crippen LogP contribution in [0.1, 0.15) is 20.3 Å². The minimum absolute atomic E-state index is 0.455. The summed E-state index contributed by atoms with van der Waals surface area (Å²) in [5.41, 5.74) is 0. The van der Waals surface area contributed by atoms with Crippen molar-refractivity contribution in [3.63, 3.8) is 0 Å². The highest BCUT2D eigenvalue weighted by Gasteiger charge is 2.35. The molecule has 2 fully saturated rings. The Morgan fingerprint density at radius 1 is 1.43 bits per heavy atom. The van der Waals surface area contributed by atoms with E-state index in [-0.39, 0.29) is 0 Å². The number of nitrogens with zero attached hydrogens (tertiary/aromatic N) is 1. The number of nitrogens with one attached hydrogen (secondary N) is 1. The van der Waals surface area contributed by atoms with Gasteiger partial charge in [-0.15, -0.1) is 0 Å². The Kier molecular flexibility index (Phi) is 3.42. The van der Waals surface area contributed by atoms with E-state index in [4.69, 9.17) is 4.74 Å². The van der Waals surface area contributed by atoms with Crippen molar-refractivity contribution < 1.29 is 4.74 Å². The third-order valence-corrected chi connectivity index (χ3v) is 3.30. The summed E-state index contributed by atoms with van der Waals surface area (Å²) < 4.78 is 5.73. The first-order valence-corrected chi connectivity index (χ1v) is 5.83. The first-order valence-electron chi connectivity index (χ1n) is 5.83. The largest absolute Gasteiger partial charge is 0.374 e. The molecule has 1 N–H and O–H groups in total. The van der Waals surface area contributed by atoms with Crippen LogP contribution in [0.4, 0.5) is 0 Å². The molecule has 0 bridgehead atoms. The van der Waals surface area contributed by atoms with Gasteiger partial charge >= 0.3 is 0 Å². The van der Waals surface area contributed by atoms with E-state index in [1.807, 2.05) is 0 Å². The molecule has 14 heavy (non-hydrogen) atoms. The smallest absolute Gasteiger partial charge is 0.0867 e. The van der Waals surface area contributed by atoms with Gasteiger partial charge in [0.2, 0.25) is 0 Å². The normalized spacial score (nSPS) is 33.6. The van der Waals surface area contributed by atoms with Gasteiger partial charge in [-0.25, -0.2) is 0 Å². The van der Waals surface area contributed by atoms with Crippen LogP contribution in [0.25, 0.3) is 0 Å². The van der Waals surface area contributed by atoms with Crippen molar-refractivity contribution in [3.05, 3.63) is 0 Å². The van der Waals surface area contributed by atoms with E-state index in [1.165, 1.54) is 13.0 Å². The van der Waals surface area contributed by atoms with Crippen molar-refractivity contribution in [2.75, 3.05) is 32.8 Å². The van der Waals surface area contributed by atoms with Gasteiger partial charge in [-0.05, 0) is 18.9 Å². The van der Waals surface area contributed by atoms with Crippen LogP contribution in [0.3, 0.4) is 0 Å². The average molecular weight is 198 g/mol. The second-order valence-corrected chi connectivity index (χ2v) is 4.85. The highest BCUT2D eigenvalue weighted by Crippen LogP contribution is 2.18. The molecule has 2 saturated heterocycles. The molecule has 0 aromatic heterocycles. The maximum absolute atomic E-state index is 5.73. The van der Waals surface area contributed by atoms with Crippen LogP contribution in [0.2, 0.25) is 0 Å². The van der Waals surface area contributed by atoms with E-state index < -0.39 is 0 Å². The van der Waals surface area contributed by atoms with Crippen molar-refractivity contribution in [2.45, 2.75) is 32.4 Å². The Balaban J connectivity index is 1.84. The molecule has 0 aliphatic carbocycles. The molecular weight excluding hydrogens is 176 g/mol. The van der Waals surface area contributed by atoms with Crippen molar-refractivity contribution >= 4 is 0 Å². The standard InChI is InChI=1S/C11H22N2O/c1-9(2)3-4-13-5-6-14-11-8-12-7-10(11)13/h9-12H,3-8H2,1-2H3/t10-,11-/m1/s1. The Hall–Kier alpha value is -0.120. The van der Waals surface area contributed by atoms with Gasteiger partial charge in [0.1, 0.15) is 0 Å². The zero-order valence-corrected chi connectivity index (χ0v) is 9.33. The number of fused-ring (bicyclic) bond motifs is 1. The van der Waals surface area contributed by atoms with E-state index in [1.54, 1.807) is 0 Å². The van der Waals surface area contributed by atoms with Gasteiger partial charge in [0.15, 0.2) is 0 Å². The molecule has 2 aliphatic rings. The molecule has 2 heterocycles. The SMILES string of the molecule is CC(C)CCN1CCO[C@@H]2CNC[C@H]21.